The van der Waals surface area contributed by atoms with Crippen LogP contribution in [0.2, 0.25) is 0 Å². The van der Waals surface area contributed by atoms with E-state index in [0.29, 0.717) is 45.3 Å². The molecular weight excluding hydrogens is 423 g/mol. The van der Waals surface area contributed by atoms with Crippen LogP contribution in [-0.2, 0) is 14.3 Å². The maximum absolute atomic E-state index is 11.5. The molecule has 0 bridgehead atoms. The van der Waals surface area contributed by atoms with Gasteiger partial charge in [0, 0.05) is 40.2 Å². The normalized spacial score (nSPS) is 10.9. The fourth-order valence-electron chi connectivity index (χ4n) is 1.64. The average molecular weight is 458 g/mol. The highest BCUT2D eigenvalue weighted by Gasteiger charge is 2.04. The van der Waals surface area contributed by atoms with E-state index in [0.717, 1.165) is 26.0 Å². The van der Waals surface area contributed by atoms with Gasteiger partial charge in [-0.2, -0.15) is 0 Å². The van der Waals surface area contributed by atoms with Gasteiger partial charge in [0.25, 0.3) is 0 Å². The zero-order valence-electron chi connectivity index (χ0n) is 15.6. The first kappa shape index (κ1) is 25.6. The van der Waals surface area contributed by atoms with E-state index >= 15 is 0 Å². The Morgan fingerprint density at radius 3 is 2.29 bits per heavy atom. The maximum Gasteiger partial charge on any atom is 0.223 e. The summed E-state index contributed by atoms with van der Waals surface area (Å²) in [5.74, 6) is 0.807. The molecule has 1 amide bonds. The molecule has 24 heavy (non-hydrogen) atoms. The van der Waals surface area contributed by atoms with Crippen molar-refractivity contribution in [1.82, 2.24) is 15.5 Å². The second-order valence-electron chi connectivity index (χ2n) is 5.30. The molecule has 0 saturated heterocycles. The van der Waals surface area contributed by atoms with Crippen LogP contribution >= 0.6 is 24.0 Å². The quantitative estimate of drug-likeness (QED) is 0.189. The summed E-state index contributed by atoms with van der Waals surface area (Å²) in [6.45, 7) is 8.66. The lowest BCUT2D eigenvalue weighted by Crippen LogP contribution is -2.39. The first-order chi connectivity index (χ1) is 11.1. The number of nitrogens with one attached hydrogen (secondary N) is 2. The smallest absolute Gasteiger partial charge is 0.223 e. The number of amides is 1. The fourth-order valence-corrected chi connectivity index (χ4v) is 1.64. The molecule has 0 aliphatic heterocycles. The summed E-state index contributed by atoms with van der Waals surface area (Å²) in [6, 6.07) is 0. The minimum atomic E-state index is 0. The Morgan fingerprint density at radius 2 is 1.71 bits per heavy atom. The molecule has 0 fully saturated rings. The summed E-state index contributed by atoms with van der Waals surface area (Å²) < 4.78 is 10.9. The van der Waals surface area contributed by atoms with Gasteiger partial charge in [0.2, 0.25) is 5.91 Å². The number of unbranched alkanes of at least 4 members (excludes halogenated alkanes) is 1. The Bertz CT molecular complexity index is 328. The molecule has 0 rings (SSSR count). The molecule has 0 aliphatic rings. The molecule has 0 radical (unpaired) electrons. The molecule has 0 heterocycles. The van der Waals surface area contributed by atoms with Crippen LogP contribution in [0.5, 0.6) is 0 Å². The Labute approximate surface area is 164 Å². The lowest BCUT2D eigenvalue weighted by Gasteiger charge is -2.13. The minimum Gasteiger partial charge on any atom is -0.379 e. The van der Waals surface area contributed by atoms with Gasteiger partial charge in [-0.3, -0.25) is 9.79 Å². The first-order valence-corrected chi connectivity index (χ1v) is 8.49. The highest BCUT2D eigenvalue weighted by atomic mass is 127. The van der Waals surface area contributed by atoms with Crippen molar-refractivity contribution in [3.63, 3.8) is 0 Å². The van der Waals surface area contributed by atoms with E-state index in [2.05, 4.69) is 22.5 Å². The molecule has 0 aromatic carbocycles. The van der Waals surface area contributed by atoms with Crippen molar-refractivity contribution in [1.29, 1.82) is 0 Å². The van der Waals surface area contributed by atoms with Gasteiger partial charge in [-0.1, -0.05) is 13.3 Å². The van der Waals surface area contributed by atoms with Gasteiger partial charge in [0.15, 0.2) is 5.96 Å². The molecule has 0 aromatic rings. The standard InChI is InChI=1S/C16H34N4O3.HI/c1-5-7-11-22-13-14-23-12-10-19-16(17-6-2)18-9-8-15(21)20(3)4;/h5-14H2,1-4H3,(H2,17,18,19);1H. The van der Waals surface area contributed by atoms with Crippen molar-refractivity contribution >= 4 is 35.8 Å². The lowest BCUT2D eigenvalue weighted by atomic mass is 10.4. The number of rotatable bonds is 13. The van der Waals surface area contributed by atoms with E-state index in [1.54, 1.807) is 19.0 Å². The van der Waals surface area contributed by atoms with Crippen LogP contribution in [0.3, 0.4) is 0 Å². The van der Waals surface area contributed by atoms with Crippen LogP contribution in [0.15, 0.2) is 4.99 Å². The third-order valence-electron chi connectivity index (χ3n) is 2.99. The van der Waals surface area contributed by atoms with E-state index in [-0.39, 0.29) is 29.9 Å². The first-order valence-electron chi connectivity index (χ1n) is 8.49. The van der Waals surface area contributed by atoms with Gasteiger partial charge in [0.1, 0.15) is 0 Å². The minimum absolute atomic E-state index is 0. The van der Waals surface area contributed by atoms with Gasteiger partial charge in [0.05, 0.1) is 26.4 Å². The summed E-state index contributed by atoms with van der Waals surface area (Å²) in [7, 11) is 3.51. The number of aliphatic imine (C=N–C) groups is 1. The molecule has 144 valence electrons. The van der Waals surface area contributed by atoms with Crippen LogP contribution in [0, 0.1) is 0 Å². The molecule has 8 heteroatoms. The van der Waals surface area contributed by atoms with Crippen LogP contribution < -0.4 is 10.6 Å². The Balaban J connectivity index is 0. The molecule has 7 nitrogen and oxygen atoms in total. The molecule has 0 saturated carbocycles. The second kappa shape index (κ2) is 18.7. The van der Waals surface area contributed by atoms with E-state index in [1.807, 2.05) is 6.92 Å². The Hall–Kier alpha value is -0.610. The number of hydrogen-bond donors (Lipinski definition) is 2. The van der Waals surface area contributed by atoms with Gasteiger partial charge in [-0.05, 0) is 13.3 Å². The molecule has 0 spiro atoms. The van der Waals surface area contributed by atoms with E-state index in [9.17, 15) is 4.79 Å². The topological polar surface area (TPSA) is 75.2 Å². The number of ether oxygens (including phenoxy) is 2. The van der Waals surface area contributed by atoms with Crippen molar-refractivity contribution in [3.05, 3.63) is 0 Å². The number of hydrogen-bond acceptors (Lipinski definition) is 4. The zero-order valence-corrected chi connectivity index (χ0v) is 17.9. The average Bonchev–Trinajstić information content (AvgIpc) is 2.52. The third-order valence-corrected chi connectivity index (χ3v) is 2.99. The van der Waals surface area contributed by atoms with Crippen LogP contribution in [0.25, 0.3) is 0 Å². The van der Waals surface area contributed by atoms with E-state index in [1.165, 1.54) is 0 Å². The van der Waals surface area contributed by atoms with Crippen molar-refractivity contribution in [3.8, 4) is 0 Å². The molecule has 2 N–H and O–H groups in total. The second-order valence-corrected chi connectivity index (χ2v) is 5.30. The number of carbonyl (C=O) groups is 1. The number of guanidine groups is 1. The zero-order chi connectivity index (χ0) is 17.3. The van der Waals surface area contributed by atoms with Gasteiger partial charge < -0.3 is 25.0 Å². The Morgan fingerprint density at radius 1 is 1.04 bits per heavy atom. The number of carbonyl (C=O) groups excluding carboxylic acids is 1. The summed E-state index contributed by atoms with van der Waals surface area (Å²) >= 11 is 0. The van der Waals surface area contributed by atoms with Crippen LogP contribution in [0.1, 0.15) is 33.1 Å². The summed E-state index contributed by atoms with van der Waals surface area (Å²) in [6.07, 6.45) is 2.69. The van der Waals surface area contributed by atoms with E-state index < -0.39 is 0 Å². The molecule has 0 aliphatic carbocycles. The van der Waals surface area contributed by atoms with Crippen molar-refractivity contribution in [2.24, 2.45) is 4.99 Å². The monoisotopic (exact) mass is 458 g/mol. The predicted octanol–water partition coefficient (Wildman–Crippen LogP) is 1.47. The molecular formula is C16H35IN4O3. The Kier molecular flexibility index (Phi) is 20.0. The molecule has 0 atom stereocenters. The van der Waals surface area contributed by atoms with Crippen LogP contribution in [0.4, 0.5) is 0 Å². The largest absolute Gasteiger partial charge is 0.379 e. The highest BCUT2D eigenvalue weighted by molar-refractivity contribution is 14.0. The number of halogens is 1. The SMILES string of the molecule is CCCCOCCOCCN=C(NCC)NCCC(=O)N(C)C.I. The fraction of sp³-hybridized carbons (Fsp3) is 0.875. The number of nitrogens with zero attached hydrogens (tertiary/aromatic N) is 2. The van der Waals surface area contributed by atoms with Gasteiger partial charge in [-0.15, -0.1) is 24.0 Å². The molecule has 0 aromatic heterocycles. The van der Waals surface area contributed by atoms with Gasteiger partial charge in [-0.25, -0.2) is 0 Å². The summed E-state index contributed by atoms with van der Waals surface area (Å²) in [5.41, 5.74) is 0. The molecule has 0 unspecified atom stereocenters. The highest BCUT2D eigenvalue weighted by Crippen LogP contribution is 1.88. The summed E-state index contributed by atoms with van der Waals surface area (Å²) in [5, 5.41) is 6.29. The lowest BCUT2D eigenvalue weighted by molar-refractivity contribution is -0.128. The third kappa shape index (κ3) is 16.3. The van der Waals surface area contributed by atoms with Crippen LogP contribution in [-0.4, -0.2) is 76.9 Å². The van der Waals surface area contributed by atoms with E-state index in [4.69, 9.17) is 9.47 Å². The summed E-state index contributed by atoms with van der Waals surface area (Å²) in [4.78, 5) is 17.5. The van der Waals surface area contributed by atoms with Crippen molar-refractivity contribution < 1.29 is 14.3 Å². The van der Waals surface area contributed by atoms with Crippen molar-refractivity contribution in [2.45, 2.75) is 33.1 Å². The maximum atomic E-state index is 11.5. The van der Waals surface area contributed by atoms with Crippen molar-refractivity contribution in [2.75, 3.05) is 60.2 Å². The van der Waals surface area contributed by atoms with Gasteiger partial charge >= 0.3 is 0 Å². The predicted molar refractivity (Wildman–Crippen MR) is 109 cm³/mol.